The maximum absolute atomic E-state index is 13.0. The molecule has 4 rings (SSSR count). The molecule has 160 valence electrons. The van der Waals surface area contributed by atoms with Crippen LogP contribution in [-0.2, 0) is 4.79 Å². The number of amides is 2. The molecule has 1 fully saturated rings. The van der Waals surface area contributed by atoms with Crippen molar-refractivity contribution in [2.45, 2.75) is 13.8 Å². The third-order valence-corrected chi connectivity index (χ3v) is 5.48. The molecule has 0 aliphatic carbocycles. The summed E-state index contributed by atoms with van der Waals surface area (Å²) in [4.78, 5) is 38.0. The maximum atomic E-state index is 13.0. The van der Waals surface area contributed by atoms with Crippen LogP contribution < -0.4 is 5.32 Å². The Bertz CT molecular complexity index is 1120. The van der Waals surface area contributed by atoms with Crippen molar-refractivity contribution in [3.63, 3.8) is 0 Å². The molecular weight excluding hydrogens is 397 g/mol. The van der Waals surface area contributed by atoms with E-state index in [2.05, 4.69) is 15.3 Å². The van der Waals surface area contributed by atoms with Gasteiger partial charge in [-0.1, -0.05) is 0 Å². The van der Waals surface area contributed by atoms with Crippen molar-refractivity contribution in [3.05, 3.63) is 65.2 Å². The third-order valence-electron chi connectivity index (χ3n) is 5.48. The summed E-state index contributed by atoms with van der Waals surface area (Å²) in [6, 6.07) is 11.1. The summed E-state index contributed by atoms with van der Waals surface area (Å²) < 4.78 is 13.0. The molecule has 1 aliphatic rings. The van der Waals surface area contributed by atoms with Gasteiger partial charge in [-0.15, -0.1) is 0 Å². The Hall–Kier alpha value is -3.39. The molecular formula is C23H24FN5O2. The van der Waals surface area contributed by atoms with Crippen molar-refractivity contribution >= 4 is 28.5 Å². The fourth-order valence-corrected chi connectivity index (χ4v) is 3.59. The lowest BCUT2D eigenvalue weighted by Gasteiger charge is -2.34. The number of rotatable bonds is 4. The number of anilines is 1. The average Bonchev–Trinajstić information content (AvgIpc) is 2.76. The first-order valence-electron chi connectivity index (χ1n) is 10.2. The molecule has 1 saturated heterocycles. The summed E-state index contributed by atoms with van der Waals surface area (Å²) in [6.45, 7) is 6.34. The second-order valence-corrected chi connectivity index (χ2v) is 7.72. The number of benzene rings is 2. The second-order valence-electron chi connectivity index (χ2n) is 7.72. The first kappa shape index (κ1) is 20.9. The molecule has 2 amide bonds. The van der Waals surface area contributed by atoms with Gasteiger partial charge in [-0.25, -0.2) is 14.4 Å². The van der Waals surface area contributed by atoms with E-state index < -0.39 is 0 Å². The van der Waals surface area contributed by atoms with Gasteiger partial charge in [0.25, 0.3) is 5.91 Å². The quantitative estimate of drug-likeness (QED) is 0.701. The molecule has 8 heteroatoms. The first-order chi connectivity index (χ1) is 14.9. The predicted octanol–water partition coefficient (Wildman–Crippen LogP) is 2.78. The minimum atomic E-state index is -0.345. The highest BCUT2D eigenvalue weighted by Crippen LogP contribution is 2.17. The van der Waals surface area contributed by atoms with Crippen LogP contribution >= 0.6 is 0 Å². The summed E-state index contributed by atoms with van der Waals surface area (Å²) in [5, 5.41) is 2.76. The third kappa shape index (κ3) is 4.86. The molecule has 2 heterocycles. The lowest BCUT2D eigenvalue weighted by atomic mass is 10.1. The molecule has 0 bridgehead atoms. The fraction of sp³-hybridized carbons (Fsp3) is 0.304. The molecule has 0 saturated carbocycles. The Morgan fingerprint density at radius 3 is 2.26 bits per heavy atom. The van der Waals surface area contributed by atoms with Gasteiger partial charge in [0, 0.05) is 37.4 Å². The number of fused-ring (bicyclic) bond motifs is 1. The minimum Gasteiger partial charge on any atom is -0.336 e. The van der Waals surface area contributed by atoms with Gasteiger partial charge in [0.05, 0.1) is 29.0 Å². The molecule has 7 nitrogen and oxygen atoms in total. The largest absolute Gasteiger partial charge is 0.336 e. The first-order valence-corrected chi connectivity index (χ1v) is 10.2. The Balaban J connectivity index is 1.33. The minimum absolute atomic E-state index is 0.0441. The molecule has 31 heavy (non-hydrogen) atoms. The Kier molecular flexibility index (Phi) is 5.90. The van der Waals surface area contributed by atoms with Gasteiger partial charge in [-0.2, -0.15) is 0 Å². The van der Waals surface area contributed by atoms with Crippen molar-refractivity contribution in [3.8, 4) is 0 Å². The van der Waals surface area contributed by atoms with E-state index in [1.807, 2.05) is 24.8 Å². The van der Waals surface area contributed by atoms with Crippen LogP contribution in [0.25, 0.3) is 11.0 Å². The lowest BCUT2D eigenvalue weighted by molar-refractivity contribution is -0.117. The van der Waals surface area contributed by atoms with Gasteiger partial charge in [0.15, 0.2) is 0 Å². The normalized spacial score (nSPS) is 14.6. The summed E-state index contributed by atoms with van der Waals surface area (Å²) >= 11 is 0. The van der Waals surface area contributed by atoms with E-state index in [1.165, 1.54) is 24.3 Å². The van der Waals surface area contributed by atoms with Crippen LogP contribution in [0.5, 0.6) is 0 Å². The van der Waals surface area contributed by atoms with Crippen molar-refractivity contribution in [2.24, 2.45) is 0 Å². The van der Waals surface area contributed by atoms with E-state index >= 15 is 0 Å². The van der Waals surface area contributed by atoms with Crippen LogP contribution in [0.1, 0.15) is 21.7 Å². The molecule has 0 unspecified atom stereocenters. The highest BCUT2D eigenvalue weighted by molar-refractivity contribution is 5.97. The highest BCUT2D eigenvalue weighted by Gasteiger charge is 2.23. The standard InChI is InChI=1S/C23H24FN5O2/c1-15-16(2)26-21-13-17(3-8-20(21)25-15)23(31)29-11-9-28(10-12-29)14-22(30)27-19-6-4-18(24)5-7-19/h3-8,13H,9-12,14H2,1-2H3,(H,27,30). The zero-order chi connectivity index (χ0) is 22.0. The second kappa shape index (κ2) is 8.77. The SMILES string of the molecule is Cc1nc2ccc(C(=O)N3CCN(CC(=O)Nc4ccc(F)cc4)CC3)cc2nc1C. The van der Waals surface area contributed by atoms with Gasteiger partial charge in [0.2, 0.25) is 5.91 Å². The predicted molar refractivity (Wildman–Crippen MR) is 116 cm³/mol. The Morgan fingerprint density at radius 1 is 0.935 bits per heavy atom. The molecule has 1 aromatic heterocycles. The van der Waals surface area contributed by atoms with Gasteiger partial charge >= 0.3 is 0 Å². The average molecular weight is 421 g/mol. The van der Waals surface area contributed by atoms with Crippen LogP contribution in [0, 0.1) is 19.7 Å². The van der Waals surface area contributed by atoms with E-state index in [9.17, 15) is 14.0 Å². The van der Waals surface area contributed by atoms with Crippen LogP contribution in [0.3, 0.4) is 0 Å². The lowest BCUT2D eigenvalue weighted by Crippen LogP contribution is -2.50. The van der Waals surface area contributed by atoms with Crippen LogP contribution in [0.4, 0.5) is 10.1 Å². The Morgan fingerprint density at radius 2 is 1.58 bits per heavy atom. The summed E-state index contributed by atoms with van der Waals surface area (Å²) in [7, 11) is 0. The summed E-state index contributed by atoms with van der Waals surface area (Å²) in [6.07, 6.45) is 0. The number of halogens is 1. The summed E-state index contributed by atoms with van der Waals surface area (Å²) in [5.41, 5.74) is 4.37. The fourth-order valence-electron chi connectivity index (χ4n) is 3.59. The molecule has 1 N–H and O–H groups in total. The number of carbonyl (C=O) groups excluding carboxylic acids is 2. The topological polar surface area (TPSA) is 78.4 Å². The number of hydrogen-bond donors (Lipinski definition) is 1. The molecule has 0 radical (unpaired) electrons. The molecule has 0 spiro atoms. The monoisotopic (exact) mass is 421 g/mol. The number of aromatic nitrogens is 2. The number of hydrogen-bond acceptors (Lipinski definition) is 5. The van der Waals surface area contributed by atoms with Crippen molar-refractivity contribution in [2.75, 3.05) is 38.0 Å². The van der Waals surface area contributed by atoms with Gasteiger partial charge in [0.1, 0.15) is 5.82 Å². The summed E-state index contributed by atoms with van der Waals surface area (Å²) in [5.74, 6) is -0.551. The van der Waals surface area contributed by atoms with Crippen molar-refractivity contribution in [1.82, 2.24) is 19.8 Å². The van der Waals surface area contributed by atoms with Crippen LogP contribution in [0.2, 0.25) is 0 Å². The smallest absolute Gasteiger partial charge is 0.254 e. The number of nitrogens with one attached hydrogen (secondary N) is 1. The molecule has 0 atom stereocenters. The van der Waals surface area contributed by atoms with E-state index in [0.29, 0.717) is 42.9 Å². The van der Waals surface area contributed by atoms with Crippen molar-refractivity contribution in [1.29, 1.82) is 0 Å². The maximum Gasteiger partial charge on any atom is 0.254 e. The van der Waals surface area contributed by atoms with E-state index in [4.69, 9.17) is 0 Å². The van der Waals surface area contributed by atoms with Crippen molar-refractivity contribution < 1.29 is 14.0 Å². The zero-order valence-corrected chi connectivity index (χ0v) is 17.6. The molecule has 3 aromatic rings. The number of piperazine rings is 1. The molecule has 2 aromatic carbocycles. The van der Waals surface area contributed by atoms with Crippen LogP contribution in [0.15, 0.2) is 42.5 Å². The van der Waals surface area contributed by atoms with Gasteiger partial charge < -0.3 is 10.2 Å². The van der Waals surface area contributed by atoms with Gasteiger partial charge in [-0.05, 0) is 56.3 Å². The van der Waals surface area contributed by atoms with E-state index in [0.717, 1.165) is 16.9 Å². The molecule has 1 aliphatic heterocycles. The highest BCUT2D eigenvalue weighted by atomic mass is 19.1. The zero-order valence-electron chi connectivity index (χ0n) is 17.6. The van der Waals surface area contributed by atoms with Gasteiger partial charge in [-0.3, -0.25) is 14.5 Å². The number of nitrogens with zero attached hydrogens (tertiary/aromatic N) is 4. The number of carbonyl (C=O) groups is 2. The van der Waals surface area contributed by atoms with E-state index in [1.54, 1.807) is 17.0 Å². The van der Waals surface area contributed by atoms with Crippen LogP contribution in [-0.4, -0.2) is 64.3 Å². The number of aryl methyl sites for hydroxylation is 2. The van der Waals surface area contributed by atoms with E-state index in [-0.39, 0.29) is 24.2 Å². The Labute approximate surface area is 179 Å².